The molecule has 0 radical (unpaired) electrons. The van der Waals surface area contributed by atoms with Crippen LogP contribution in [0.2, 0.25) is 10.0 Å². The van der Waals surface area contributed by atoms with Gasteiger partial charge in [0, 0.05) is 28.1 Å². The lowest BCUT2D eigenvalue weighted by atomic mass is 9.92. The highest BCUT2D eigenvalue weighted by Crippen LogP contribution is 2.32. The number of hydrogen-bond acceptors (Lipinski definition) is 7. The van der Waals surface area contributed by atoms with Crippen LogP contribution in [0.1, 0.15) is 31.9 Å². The van der Waals surface area contributed by atoms with E-state index in [1.807, 2.05) is 0 Å². The van der Waals surface area contributed by atoms with E-state index in [1.54, 1.807) is 56.3 Å². The molecule has 2 aromatic rings. The van der Waals surface area contributed by atoms with Gasteiger partial charge < -0.3 is 14.8 Å². The highest BCUT2D eigenvalue weighted by molar-refractivity contribution is 6.37. The maximum Gasteiger partial charge on any atom is 0.349 e. The van der Waals surface area contributed by atoms with E-state index in [0.717, 1.165) is 0 Å². The van der Waals surface area contributed by atoms with E-state index >= 15 is 0 Å². The van der Waals surface area contributed by atoms with Gasteiger partial charge >= 0.3 is 11.9 Å². The van der Waals surface area contributed by atoms with Crippen molar-refractivity contribution in [2.75, 3.05) is 19.8 Å². The average molecular weight is 504 g/mol. The van der Waals surface area contributed by atoms with Crippen LogP contribution in [0.5, 0.6) is 0 Å². The Kier molecular flexibility index (Phi) is 8.06. The molecule has 2 aromatic carbocycles. The second-order valence-electron chi connectivity index (χ2n) is 7.24. The largest absolute Gasteiger partial charge is 0.463 e. The average Bonchev–Trinajstić information content (AvgIpc) is 2.97. The Morgan fingerprint density at radius 2 is 1.65 bits per heavy atom. The molecule has 3 rings (SSSR count). The summed E-state index contributed by atoms with van der Waals surface area (Å²) in [5.74, 6) is -2.69. The normalized spacial score (nSPS) is 13.1. The second kappa shape index (κ2) is 10.8. The quantitative estimate of drug-likeness (QED) is 0.455. The third-order valence-electron chi connectivity index (χ3n) is 4.94. The first-order valence-electron chi connectivity index (χ1n) is 10.5. The first-order chi connectivity index (χ1) is 16.2. The zero-order valence-corrected chi connectivity index (χ0v) is 20.4. The number of aliphatic imine (C=N–C) groups is 2. The molecule has 178 valence electrons. The first kappa shape index (κ1) is 25.4. The zero-order valence-electron chi connectivity index (χ0n) is 18.9. The number of halogens is 2. The van der Waals surface area contributed by atoms with Gasteiger partial charge in [-0.1, -0.05) is 41.4 Å². The lowest BCUT2D eigenvalue weighted by Gasteiger charge is -2.30. The minimum absolute atomic E-state index is 0.0345. The summed E-state index contributed by atoms with van der Waals surface area (Å²) in [6.45, 7) is 4.05. The molecule has 1 N–H and O–H groups in total. The summed E-state index contributed by atoms with van der Waals surface area (Å²) in [6, 6.07) is 12.0. The molecule has 0 saturated heterocycles. The molecule has 0 aromatic heterocycles. The van der Waals surface area contributed by atoms with Crippen LogP contribution in [0, 0.1) is 0 Å². The number of rotatable bonds is 7. The van der Waals surface area contributed by atoms with Crippen molar-refractivity contribution in [2.45, 2.75) is 26.3 Å². The monoisotopic (exact) mass is 503 g/mol. The summed E-state index contributed by atoms with van der Waals surface area (Å²) in [4.78, 5) is 47.8. The predicted molar refractivity (Wildman–Crippen MR) is 130 cm³/mol. The number of esters is 2. The topological polar surface area (TPSA) is 106 Å². The fourth-order valence-corrected chi connectivity index (χ4v) is 3.93. The number of amides is 1. The molecule has 34 heavy (non-hydrogen) atoms. The van der Waals surface area contributed by atoms with Crippen molar-refractivity contribution in [3.05, 3.63) is 63.6 Å². The lowest BCUT2D eigenvalue weighted by molar-refractivity contribution is -0.163. The van der Waals surface area contributed by atoms with E-state index < -0.39 is 23.4 Å². The third-order valence-corrected chi connectivity index (χ3v) is 5.51. The number of nitrogens with zero attached hydrogens (tertiary/aromatic N) is 2. The van der Waals surface area contributed by atoms with Gasteiger partial charge in [-0.15, -0.1) is 0 Å². The van der Waals surface area contributed by atoms with Crippen LogP contribution in [-0.4, -0.2) is 54.6 Å². The Morgan fingerprint density at radius 3 is 2.24 bits per heavy atom. The van der Waals surface area contributed by atoms with Crippen LogP contribution in [0.25, 0.3) is 0 Å². The predicted octanol–water partition coefficient (Wildman–Crippen LogP) is 3.92. The number of ether oxygens (including phenoxy) is 2. The molecule has 1 heterocycles. The Morgan fingerprint density at radius 1 is 1.00 bits per heavy atom. The Balaban J connectivity index is 2.30. The van der Waals surface area contributed by atoms with Gasteiger partial charge in [0.2, 0.25) is 5.91 Å². The molecule has 0 aliphatic carbocycles. The number of nitrogens with one attached hydrogen (secondary N) is 1. The summed E-state index contributed by atoms with van der Waals surface area (Å²) in [5, 5.41) is 3.30. The van der Waals surface area contributed by atoms with Crippen LogP contribution in [0.4, 0.5) is 5.69 Å². The van der Waals surface area contributed by atoms with Crippen molar-refractivity contribution < 1.29 is 23.9 Å². The molecule has 0 unspecified atom stereocenters. The molecule has 0 bridgehead atoms. The SMILES string of the molecule is CCOC(=O)C(NC(C)=O)(C(=O)OCC)C1=Nc2ccc(Cl)cc2C(c2ccccc2Cl)=NC1. The van der Waals surface area contributed by atoms with Crippen molar-refractivity contribution in [3.63, 3.8) is 0 Å². The van der Waals surface area contributed by atoms with Crippen molar-refractivity contribution in [1.82, 2.24) is 5.32 Å². The molecular weight excluding hydrogens is 481 g/mol. The summed E-state index contributed by atoms with van der Waals surface area (Å²) in [5.41, 5.74) is -0.397. The second-order valence-corrected chi connectivity index (χ2v) is 8.08. The summed E-state index contributed by atoms with van der Waals surface area (Å²) in [7, 11) is 0. The van der Waals surface area contributed by atoms with Gasteiger partial charge in [0.1, 0.15) is 0 Å². The highest BCUT2D eigenvalue weighted by Gasteiger charge is 2.55. The van der Waals surface area contributed by atoms with Crippen LogP contribution >= 0.6 is 23.2 Å². The summed E-state index contributed by atoms with van der Waals surface area (Å²) >= 11 is 12.7. The smallest absolute Gasteiger partial charge is 0.349 e. The molecule has 1 aliphatic heterocycles. The van der Waals surface area contributed by atoms with Crippen molar-refractivity contribution in [3.8, 4) is 0 Å². The minimum atomic E-state index is -2.33. The fourth-order valence-electron chi connectivity index (χ4n) is 3.54. The highest BCUT2D eigenvalue weighted by atomic mass is 35.5. The van der Waals surface area contributed by atoms with E-state index in [1.165, 1.54) is 6.92 Å². The van der Waals surface area contributed by atoms with E-state index in [4.69, 9.17) is 32.7 Å². The Bertz CT molecular complexity index is 1170. The number of hydrogen-bond donors (Lipinski definition) is 1. The molecule has 0 atom stereocenters. The molecule has 1 aliphatic rings. The third kappa shape index (κ3) is 4.98. The fraction of sp³-hybridized carbons (Fsp3) is 0.292. The van der Waals surface area contributed by atoms with Gasteiger partial charge in [0.25, 0.3) is 5.54 Å². The molecular formula is C24H23Cl2N3O5. The zero-order chi connectivity index (χ0) is 24.9. The number of fused-ring (bicyclic) bond motifs is 1. The molecule has 0 saturated carbocycles. The van der Waals surface area contributed by atoms with Gasteiger partial charge in [0.15, 0.2) is 0 Å². The number of carbonyl (C=O) groups excluding carboxylic acids is 3. The maximum atomic E-state index is 13.2. The van der Waals surface area contributed by atoms with Gasteiger partial charge in [-0.2, -0.15) is 0 Å². The van der Waals surface area contributed by atoms with Crippen molar-refractivity contribution >= 4 is 58.2 Å². The van der Waals surface area contributed by atoms with Gasteiger partial charge in [0.05, 0.1) is 36.9 Å². The van der Waals surface area contributed by atoms with Crippen molar-refractivity contribution in [1.29, 1.82) is 0 Å². The first-order valence-corrected chi connectivity index (χ1v) is 11.3. The van der Waals surface area contributed by atoms with Crippen LogP contribution in [0.15, 0.2) is 52.4 Å². The standard InChI is InChI=1S/C24H23Cl2N3O5/c1-4-33-22(31)24(29-14(3)30,23(32)34-5-2)20-13-27-21(16-8-6-7-9-18(16)26)17-12-15(25)10-11-19(17)28-20/h6-12H,4-5,13H2,1-3H3,(H,29,30). The summed E-state index contributed by atoms with van der Waals surface area (Å²) in [6.07, 6.45) is 0. The van der Waals surface area contributed by atoms with E-state index in [9.17, 15) is 14.4 Å². The van der Waals surface area contributed by atoms with Crippen LogP contribution in [-0.2, 0) is 23.9 Å². The van der Waals surface area contributed by atoms with Gasteiger partial charge in [-0.05, 0) is 38.1 Å². The van der Waals surface area contributed by atoms with Gasteiger partial charge in [-0.25, -0.2) is 9.59 Å². The number of benzene rings is 2. The van der Waals surface area contributed by atoms with Crippen LogP contribution in [0.3, 0.4) is 0 Å². The Labute approximate surface area is 207 Å². The van der Waals surface area contributed by atoms with E-state index in [-0.39, 0.29) is 25.5 Å². The lowest BCUT2D eigenvalue weighted by Crippen LogP contribution is -2.66. The van der Waals surface area contributed by atoms with E-state index in [2.05, 4.69) is 15.3 Å². The van der Waals surface area contributed by atoms with Crippen molar-refractivity contribution in [2.24, 2.45) is 9.98 Å². The van der Waals surface area contributed by atoms with Crippen LogP contribution < -0.4 is 5.32 Å². The maximum absolute atomic E-state index is 13.2. The molecule has 8 nitrogen and oxygen atoms in total. The molecule has 1 amide bonds. The summed E-state index contributed by atoms with van der Waals surface area (Å²) < 4.78 is 10.4. The van der Waals surface area contributed by atoms with Gasteiger partial charge in [-0.3, -0.25) is 14.8 Å². The van der Waals surface area contributed by atoms with E-state index in [0.29, 0.717) is 32.6 Å². The minimum Gasteiger partial charge on any atom is -0.463 e. The Hall–Kier alpha value is -3.23. The molecule has 0 fully saturated rings. The molecule has 10 heteroatoms. The molecule has 0 spiro atoms. The number of carbonyl (C=O) groups is 3.